The minimum atomic E-state index is 0.291. The topological polar surface area (TPSA) is 52.6 Å². The van der Waals surface area contributed by atoms with E-state index in [0.717, 1.165) is 63.4 Å². The first-order valence-electron chi connectivity index (χ1n) is 8.66. The van der Waals surface area contributed by atoms with Crippen molar-refractivity contribution in [1.82, 2.24) is 19.8 Å². The van der Waals surface area contributed by atoms with Crippen molar-refractivity contribution in [2.75, 3.05) is 50.7 Å². The minimum absolute atomic E-state index is 0.291. The molecule has 0 aliphatic carbocycles. The Morgan fingerprint density at radius 1 is 1.12 bits per heavy atom. The number of likely N-dealkylation sites (tertiary alicyclic amines) is 1. The minimum Gasteiger partial charge on any atom is -0.353 e. The SMILES string of the molecule is Cc1csc2c(N3CCN(CC(=O)N4CCCC4)CC3)ncnc12. The summed E-state index contributed by atoms with van der Waals surface area (Å²) in [5, 5.41) is 2.15. The van der Waals surface area contributed by atoms with Gasteiger partial charge in [-0.05, 0) is 30.7 Å². The van der Waals surface area contributed by atoms with Crippen LogP contribution in [0.2, 0.25) is 0 Å². The summed E-state index contributed by atoms with van der Waals surface area (Å²) in [4.78, 5) is 27.8. The number of amides is 1. The van der Waals surface area contributed by atoms with Crippen molar-refractivity contribution >= 4 is 33.3 Å². The van der Waals surface area contributed by atoms with Crippen molar-refractivity contribution in [3.8, 4) is 0 Å². The summed E-state index contributed by atoms with van der Waals surface area (Å²) in [7, 11) is 0. The molecule has 7 heteroatoms. The lowest BCUT2D eigenvalue weighted by Gasteiger charge is -2.35. The van der Waals surface area contributed by atoms with E-state index in [2.05, 4.69) is 32.1 Å². The van der Waals surface area contributed by atoms with Crippen LogP contribution in [0.15, 0.2) is 11.7 Å². The first-order valence-corrected chi connectivity index (χ1v) is 9.54. The van der Waals surface area contributed by atoms with E-state index in [1.165, 1.54) is 10.3 Å². The monoisotopic (exact) mass is 345 g/mol. The Hall–Kier alpha value is -1.73. The first-order chi connectivity index (χ1) is 11.7. The number of hydrogen-bond donors (Lipinski definition) is 0. The van der Waals surface area contributed by atoms with Crippen molar-refractivity contribution < 1.29 is 4.79 Å². The molecule has 1 amide bonds. The number of carbonyl (C=O) groups excluding carboxylic acids is 1. The van der Waals surface area contributed by atoms with Gasteiger partial charge in [-0.1, -0.05) is 0 Å². The highest BCUT2D eigenvalue weighted by molar-refractivity contribution is 7.18. The quantitative estimate of drug-likeness (QED) is 0.848. The number of carbonyl (C=O) groups is 1. The lowest BCUT2D eigenvalue weighted by atomic mass is 10.2. The van der Waals surface area contributed by atoms with Crippen molar-refractivity contribution in [3.63, 3.8) is 0 Å². The molecule has 2 fully saturated rings. The van der Waals surface area contributed by atoms with Crippen LogP contribution in [-0.4, -0.2) is 71.5 Å². The second-order valence-corrected chi connectivity index (χ2v) is 7.52. The van der Waals surface area contributed by atoms with E-state index in [9.17, 15) is 4.79 Å². The second kappa shape index (κ2) is 6.64. The van der Waals surface area contributed by atoms with E-state index in [-0.39, 0.29) is 0 Å². The van der Waals surface area contributed by atoms with Gasteiger partial charge in [0.05, 0.1) is 16.8 Å². The third-order valence-corrected chi connectivity index (χ3v) is 6.08. The Morgan fingerprint density at radius 3 is 2.62 bits per heavy atom. The molecular weight excluding hydrogens is 322 g/mol. The van der Waals surface area contributed by atoms with E-state index in [4.69, 9.17) is 0 Å². The molecule has 4 heterocycles. The molecule has 0 N–H and O–H groups in total. The summed E-state index contributed by atoms with van der Waals surface area (Å²) < 4.78 is 1.18. The maximum atomic E-state index is 12.3. The van der Waals surface area contributed by atoms with Crippen LogP contribution in [0, 0.1) is 6.92 Å². The van der Waals surface area contributed by atoms with Crippen LogP contribution >= 0.6 is 11.3 Å². The largest absolute Gasteiger partial charge is 0.353 e. The van der Waals surface area contributed by atoms with Crippen LogP contribution in [0.5, 0.6) is 0 Å². The van der Waals surface area contributed by atoms with Crippen LogP contribution < -0.4 is 4.90 Å². The summed E-state index contributed by atoms with van der Waals surface area (Å²) in [6.07, 6.45) is 3.98. The van der Waals surface area contributed by atoms with Gasteiger partial charge in [-0.15, -0.1) is 11.3 Å². The number of nitrogens with zero attached hydrogens (tertiary/aromatic N) is 5. The molecule has 2 aromatic heterocycles. The van der Waals surface area contributed by atoms with Gasteiger partial charge < -0.3 is 9.80 Å². The average Bonchev–Trinajstić information content (AvgIpc) is 3.26. The molecule has 0 spiro atoms. The highest BCUT2D eigenvalue weighted by Crippen LogP contribution is 2.31. The van der Waals surface area contributed by atoms with Crippen LogP contribution in [0.4, 0.5) is 5.82 Å². The number of piperazine rings is 1. The smallest absolute Gasteiger partial charge is 0.236 e. The molecule has 128 valence electrons. The molecule has 4 rings (SSSR count). The average molecular weight is 345 g/mol. The molecule has 0 atom stereocenters. The van der Waals surface area contributed by atoms with E-state index < -0.39 is 0 Å². The number of thiophene rings is 1. The Kier molecular flexibility index (Phi) is 4.37. The first kappa shape index (κ1) is 15.8. The Balaban J connectivity index is 1.39. The van der Waals surface area contributed by atoms with Gasteiger partial charge in [0.2, 0.25) is 5.91 Å². The lowest BCUT2D eigenvalue weighted by Crippen LogP contribution is -2.50. The van der Waals surface area contributed by atoms with Crippen molar-refractivity contribution in [2.24, 2.45) is 0 Å². The number of rotatable bonds is 3. The Labute approximate surface area is 146 Å². The van der Waals surface area contributed by atoms with Crippen LogP contribution in [0.3, 0.4) is 0 Å². The molecule has 2 saturated heterocycles. The number of anilines is 1. The molecule has 6 nitrogen and oxygen atoms in total. The van der Waals surface area contributed by atoms with Gasteiger partial charge in [0.15, 0.2) is 0 Å². The lowest BCUT2D eigenvalue weighted by molar-refractivity contribution is -0.131. The van der Waals surface area contributed by atoms with Crippen molar-refractivity contribution in [1.29, 1.82) is 0 Å². The van der Waals surface area contributed by atoms with Gasteiger partial charge in [-0.3, -0.25) is 9.69 Å². The molecule has 24 heavy (non-hydrogen) atoms. The highest BCUT2D eigenvalue weighted by atomic mass is 32.1. The van der Waals surface area contributed by atoms with Crippen LogP contribution in [0.1, 0.15) is 18.4 Å². The van der Waals surface area contributed by atoms with Gasteiger partial charge in [-0.2, -0.15) is 0 Å². The van der Waals surface area contributed by atoms with Gasteiger partial charge in [0.1, 0.15) is 12.1 Å². The Bertz CT molecular complexity index is 732. The molecule has 0 bridgehead atoms. The summed E-state index contributed by atoms with van der Waals surface area (Å²) in [6, 6.07) is 0. The number of aromatic nitrogens is 2. The number of aryl methyl sites for hydroxylation is 1. The normalized spacial score (nSPS) is 19.4. The molecule has 2 aliphatic heterocycles. The molecule has 2 aromatic rings. The fourth-order valence-corrected chi connectivity index (χ4v) is 4.58. The zero-order valence-corrected chi connectivity index (χ0v) is 14.9. The predicted octanol–water partition coefficient (Wildman–Crippen LogP) is 1.74. The maximum absolute atomic E-state index is 12.3. The number of fused-ring (bicyclic) bond motifs is 1. The van der Waals surface area contributed by atoms with E-state index >= 15 is 0 Å². The summed E-state index contributed by atoms with van der Waals surface area (Å²) in [6.45, 7) is 8.19. The van der Waals surface area contributed by atoms with Crippen LogP contribution in [-0.2, 0) is 4.79 Å². The predicted molar refractivity (Wildman–Crippen MR) is 96.6 cm³/mol. The van der Waals surface area contributed by atoms with Gasteiger partial charge >= 0.3 is 0 Å². The maximum Gasteiger partial charge on any atom is 0.236 e. The highest BCUT2D eigenvalue weighted by Gasteiger charge is 2.25. The van der Waals surface area contributed by atoms with E-state index in [1.807, 2.05) is 4.90 Å². The fourth-order valence-electron chi connectivity index (χ4n) is 3.56. The zero-order valence-electron chi connectivity index (χ0n) is 14.1. The van der Waals surface area contributed by atoms with E-state index in [0.29, 0.717) is 12.5 Å². The Morgan fingerprint density at radius 2 is 1.88 bits per heavy atom. The molecule has 0 radical (unpaired) electrons. The number of hydrogen-bond acceptors (Lipinski definition) is 6. The summed E-state index contributed by atoms with van der Waals surface area (Å²) in [5.41, 5.74) is 2.28. The standard InChI is InChI=1S/C17H23N5OS/c1-13-11-24-16-15(13)18-12-19-17(16)22-8-6-20(7-9-22)10-14(23)21-4-2-3-5-21/h11-12H,2-10H2,1H3. The second-order valence-electron chi connectivity index (χ2n) is 6.64. The molecule has 0 saturated carbocycles. The van der Waals surface area contributed by atoms with E-state index in [1.54, 1.807) is 17.7 Å². The molecular formula is C17H23N5OS. The van der Waals surface area contributed by atoms with Gasteiger partial charge in [0, 0.05) is 39.3 Å². The third kappa shape index (κ3) is 2.98. The van der Waals surface area contributed by atoms with Crippen LogP contribution in [0.25, 0.3) is 10.2 Å². The van der Waals surface area contributed by atoms with Crippen molar-refractivity contribution in [2.45, 2.75) is 19.8 Å². The van der Waals surface area contributed by atoms with Gasteiger partial charge in [-0.25, -0.2) is 9.97 Å². The van der Waals surface area contributed by atoms with Gasteiger partial charge in [0.25, 0.3) is 0 Å². The third-order valence-electron chi connectivity index (χ3n) is 5.00. The molecule has 2 aliphatic rings. The van der Waals surface area contributed by atoms with Crippen molar-refractivity contribution in [3.05, 3.63) is 17.3 Å². The molecule has 0 aromatic carbocycles. The fraction of sp³-hybridized carbons (Fsp3) is 0.588. The summed E-state index contributed by atoms with van der Waals surface area (Å²) in [5.74, 6) is 1.34. The summed E-state index contributed by atoms with van der Waals surface area (Å²) >= 11 is 1.72. The molecule has 0 unspecified atom stereocenters. The zero-order chi connectivity index (χ0) is 16.5.